The highest BCUT2D eigenvalue weighted by Gasteiger charge is 2.14. The van der Waals surface area contributed by atoms with E-state index in [-0.39, 0.29) is 0 Å². The lowest BCUT2D eigenvalue weighted by Crippen LogP contribution is -1.98. The second-order valence-corrected chi connectivity index (χ2v) is 6.54. The second-order valence-electron chi connectivity index (χ2n) is 5.02. The molecule has 2 aromatic carbocycles. The van der Waals surface area contributed by atoms with Crippen LogP contribution in [0.5, 0.6) is 0 Å². The van der Waals surface area contributed by atoms with E-state index in [9.17, 15) is 0 Å². The summed E-state index contributed by atoms with van der Waals surface area (Å²) in [6.07, 6.45) is 2.09. The maximum atomic E-state index is 6.20. The lowest BCUT2D eigenvalue weighted by atomic mass is 9.99. The number of aromatic nitrogens is 1. The fraction of sp³-hybridized carbons (Fsp3) is 0.167. The molecular formula is C18H15ClIN. The Morgan fingerprint density at radius 3 is 2.57 bits per heavy atom. The molecule has 0 unspecified atom stereocenters. The average Bonchev–Trinajstić information content (AvgIpc) is 2.50. The molecule has 0 amide bonds. The minimum absolute atomic E-state index is 0.750. The van der Waals surface area contributed by atoms with Crippen LogP contribution in [0.3, 0.4) is 0 Å². The number of aryl methyl sites for hydroxylation is 1. The molecule has 0 aliphatic heterocycles. The molecule has 3 aromatic rings. The minimum atomic E-state index is 0.750. The van der Waals surface area contributed by atoms with Crippen LogP contribution in [0.4, 0.5) is 0 Å². The van der Waals surface area contributed by atoms with Crippen molar-refractivity contribution in [3.63, 3.8) is 0 Å². The Balaban J connectivity index is 2.38. The fourth-order valence-corrected chi connectivity index (χ4v) is 3.72. The zero-order valence-electron chi connectivity index (χ0n) is 11.7. The molecular weight excluding hydrogens is 393 g/mol. The minimum Gasteiger partial charge on any atom is -0.252 e. The molecule has 1 nitrogen and oxygen atoms in total. The van der Waals surface area contributed by atoms with E-state index >= 15 is 0 Å². The predicted octanol–water partition coefficient (Wildman–Crippen LogP) is 6.11. The SMILES string of the molecule is CCCc1nc2ccc(Cl)cc2c(-c2ccccc2)c1I. The van der Waals surface area contributed by atoms with E-state index in [2.05, 4.69) is 53.8 Å². The number of benzene rings is 2. The third-order valence-electron chi connectivity index (χ3n) is 3.51. The zero-order valence-corrected chi connectivity index (χ0v) is 14.6. The molecule has 106 valence electrons. The van der Waals surface area contributed by atoms with Gasteiger partial charge in [0.25, 0.3) is 0 Å². The van der Waals surface area contributed by atoms with Crippen molar-refractivity contribution >= 4 is 45.1 Å². The topological polar surface area (TPSA) is 12.9 Å². The molecule has 3 heteroatoms. The summed E-state index contributed by atoms with van der Waals surface area (Å²) in [5, 5.41) is 1.87. The summed E-state index contributed by atoms with van der Waals surface area (Å²) in [7, 11) is 0. The molecule has 0 bridgehead atoms. The van der Waals surface area contributed by atoms with Gasteiger partial charge >= 0.3 is 0 Å². The van der Waals surface area contributed by atoms with E-state index < -0.39 is 0 Å². The van der Waals surface area contributed by atoms with Gasteiger partial charge in [0.1, 0.15) is 0 Å². The molecule has 0 saturated heterocycles. The maximum absolute atomic E-state index is 6.20. The van der Waals surface area contributed by atoms with Crippen LogP contribution in [-0.2, 0) is 6.42 Å². The van der Waals surface area contributed by atoms with E-state index in [0.717, 1.165) is 28.8 Å². The van der Waals surface area contributed by atoms with Gasteiger partial charge < -0.3 is 0 Å². The van der Waals surface area contributed by atoms with Crippen LogP contribution in [0.1, 0.15) is 19.0 Å². The number of pyridine rings is 1. The highest BCUT2D eigenvalue weighted by Crippen LogP contribution is 2.35. The summed E-state index contributed by atoms with van der Waals surface area (Å²) in [6, 6.07) is 16.4. The molecule has 0 N–H and O–H groups in total. The van der Waals surface area contributed by atoms with Crippen molar-refractivity contribution < 1.29 is 0 Å². The molecule has 3 rings (SSSR count). The first kappa shape index (κ1) is 14.8. The molecule has 0 aliphatic rings. The molecule has 0 aliphatic carbocycles. The van der Waals surface area contributed by atoms with Crippen LogP contribution in [0.2, 0.25) is 5.02 Å². The highest BCUT2D eigenvalue weighted by molar-refractivity contribution is 14.1. The summed E-state index contributed by atoms with van der Waals surface area (Å²) in [5.41, 5.74) is 4.65. The van der Waals surface area contributed by atoms with Gasteiger partial charge in [-0.3, -0.25) is 4.98 Å². The zero-order chi connectivity index (χ0) is 14.8. The quantitative estimate of drug-likeness (QED) is 0.477. The molecule has 0 spiro atoms. The maximum Gasteiger partial charge on any atom is 0.0713 e. The predicted molar refractivity (Wildman–Crippen MR) is 98.9 cm³/mol. The number of fused-ring (bicyclic) bond motifs is 1. The van der Waals surface area contributed by atoms with Crippen LogP contribution in [0.25, 0.3) is 22.0 Å². The molecule has 1 heterocycles. The lowest BCUT2D eigenvalue weighted by Gasteiger charge is -2.13. The first-order valence-corrected chi connectivity index (χ1v) is 8.49. The van der Waals surface area contributed by atoms with E-state index in [4.69, 9.17) is 16.6 Å². The van der Waals surface area contributed by atoms with Gasteiger partial charge in [-0.15, -0.1) is 0 Å². The van der Waals surface area contributed by atoms with Gasteiger partial charge in [0.2, 0.25) is 0 Å². The Kier molecular flexibility index (Phi) is 4.45. The van der Waals surface area contributed by atoms with Gasteiger partial charge in [0, 0.05) is 19.5 Å². The standard InChI is InChI=1S/C18H15ClIN/c1-2-6-16-18(20)17(12-7-4-3-5-8-12)14-11-13(19)9-10-15(14)21-16/h3-5,7-11H,2,6H2,1H3. The number of halogens is 2. The number of rotatable bonds is 3. The molecule has 21 heavy (non-hydrogen) atoms. The van der Waals surface area contributed by atoms with Gasteiger partial charge in [-0.2, -0.15) is 0 Å². The van der Waals surface area contributed by atoms with E-state index in [0.29, 0.717) is 0 Å². The Morgan fingerprint density at radius 1 is 1.10 bits per heavy atom. The molecule has 0 atom stereocenters. The summed E-state index contributed by atoms with van der Waals surface area (Å²) in [5.74, 6) is 0. The molecule has 0 radical (unpaired) electrons. The van der Waals surface area contributed by atoms with Crippen molar-refractivity contribution in [2.45, 2.75) is 19.8 Å². The second kappa shape index (κ2) is 6.32. The van der Waals surface area contributed by atoms with E-state index in [1.807, 2.05) is 24.3 Å². The van der Waals surface area contributed by atoms with Crippen molar-refractivity contribution in [1.29, 1.82) is 0 Å². The Hall–Kier alpha value is -1.13. The van der Waals surface area contributed by atoms with Crippen LogP contribution >= 0.6 is 34.2 Å². The average molecular weight is 408 g/mol. The molecule has 1 aromatic heterocycles. The van der Waals surface area contributed by atoms with Gasteiger partial charge in [0.15, 0.2) is 0 Å². The third-order valence-corrected chi connectivity index (χ3v) is 4.90. The Labute approximate surface area is 143 Å². The fourth-order valence-electron chi connectivity index (χ4n) is 2.55. The van der Waals surface area contributed by atoms with Gasteiger partial charge in [-0.05, 0) is 52.8 Å². The van der Waals surface area contributed by atoms with Crippen LogP contribution < -0.4 is 0 Å². The number of hydrogen-bond acceptors (Lipinski definition) is 1. The van der Waals surface area contributed by atoms with Crippen molar-refractivity contribution in [3.05, 3.63) is 62.8 Å². The van der Waals surface area contributed by atoms with Crippen LogP contribution in [0.15, 0.2) is 48.5 Å². The third kappa shape index (κ3) is 2.92. The molecule has 0 saturated carbocycles. The van der Waals surface area contributed by atoms with Crippen LogP contribution in [0, 0.1) is 3.57 Å². The number of nitrogens with zero attached hydrogens (tertiary/aromatic N) is 1. The van der Waals surface area contributed by atoms with E-state index in [1.54, 1.807) is 0 Å². The van der Waals surface area contributed by atoms with Crippen molar-refractivity contribution in [1.82, 2.24) is 4.98 Å². The number of hydrogen-bond donors (Lipinski definition) is 0. The van der Waals surface area contributed by atoms with Crippen molar-refractivity contribution in [3.8, 4) is 11.1 Å². The first-order valence-electron chi connectivity index (χ1n) is 7.03. The summed E-state index contributed by atoms with van der Waals surface area (Å²) in [6.45, 7) is 2.19. The Bertz CT molecular complexity index is 784. The van der Waals surface area contributed by atoms with Gasteiger partial charge in [-0.25, -0.2) is 0 Å². The summed E-state index contributed by atoms with van der Waals surface area (Å²) in [4.78, 5) is 4.83. The van der Waals surface area contributed by atoms with Gasteiger partial charge in [-0.1, -0.05) is 55.3 Å². The van der Waals surface area contributed by atoms with E-state index in [1.165, 1.54) is 20.4 Å². The summed E-state index contributed by atoms with van der Waals surface area (Å²) < 4.78 is 1.23. The van der Waals surface area contributed by atoms with Crippen molar-refractivity contribution in [2.75, 3.05) is 0 Å². The largest absolute Gasteiger partial charge is 0.252 e. The highest BCUT2D eigenvalue weighted by atomic mass is 127. The monoisotopic (exact) mass is 407 g/mol. The lowest BCUT2D eigenvalue weighted by molar-refractivity contribution is 0.884. The van der Waals surface area contributed by atoms with Crippen molar-refractivity contribution in [2.24, 2.45) is 0 Å². The van der Waals surface area contributed by atoms with Crippen LogP contribution in [-0.4, -0.2) is 4.98 Å². The normalized spacial score (nSPS) is 11.0. The summed E-state index contributed by atoms with van der Waals surface area (Å²) >= 11 is 8.62. The molecule has 0 fully saturated rings. The smallest absolute Gasteiger partial charge is 0.0713 e. The Morgan fingerprint density at radius 2 is 1.86 bits per heavy atom. The first-order chi connectivity index (χ1) is 10.2. The van der Waals surface area contributed by atoms with Gasteiger partial charge in [0.05, 0.1) is 11.2 Å².